The van der Waals surface area contributed by atoms with E-state index in [9.17, 15) is 4.79 Å². The minimum absolute atomic E-state index is 0.276. The van der Waals surface area contributed by atoms with E-state index in [1.165, 1.54) is 0 Å². The van der Waals surface area contributed by atoms with Crippen LogP contribution < -0.4 is 5.32 Å². The molecule has 1 aromatic rings. The molecule has 1 aliphatic rings. The van der Waals surface area contributed by atoms with Gasteiger partial charge in [0.25, 0.3) is 0 Å². The van der Waals surface area contributed by atoms with E-state index in [-0.39, 0.29) is 5.91 Å². The Morgan fingerprint density at radius 1 is 1.59 bits per heavy atom. The van der Waals surface area contributed by atoms with Gasteiger partial charge in [-0.3, -0.25) is 4.79 Å². The predicted octanol–water partition coefficient (Wildman–Crippen LogP) is 0.484. The Morgan fingerprint density at radius 2 is 2.47 bits per heavy atom. The van der Waals surface area contributed by atoms with Gasteiger partial charge < -0.3 is 14.8 Å². The van der Waals surface area contributed by atoms with E-state index in [1.807, 2.05) is 15.7 Å². The van der Waals surface area contributed by atoms with Crippen LogP contribution in [0, 0.1) is 0 Å². The topological polar surface area (TPSA) is 50.2 Å². The van der Waals surface area contributed by atoms with Crippen molar-refractivity contribution >= 4 is 5.91 Å². The lowest BCUT2D eigenvalue weighted by Gasteiger charge is -2.32. The first-order chi connectivity index (χ1) is 8.25. The molecule has 0 bridgehead atoms. The van der Waals surface area contributed by atoms with Crippen molar-refractivity contribution in [3.8, 4) is 0 Å². The number of rotatable bonds is 4. The number of carbonyl (C=O) groups is 1. The van der Waals surface area contributed by atoms with Crippen LogP contribution >= 0.6 is 0 Å². The summed E-state index contributed by atoms with van der Waals surface area (Å²) in [6.45, 7) is 5.57. The first kappa shape index (κ1) is 12.1. The van der Waals surface area contributed by atoms with Crippen molar-refractivity contribution in [3.05, 3.63) is 18.7 Å². The number of imidazole rings is 1. The molecule has 0 radical (unpaired) electrons. The maximum atomic E-state index is 11.9. The lowest BCUT2D eigenvalue weighted by Crippen LogP contribution is -2.51. The van der Waals surface area contributed by atoms with Gasteiger partial charge >= 0.3 is 0 Å². The Bertz CT molecular complexity index is 349. The van der Waals surface area contributed by atoms with Crippen molar-refractivity contribution in [2.24, 2.45) is 0 Å². The van der Waals surface area contributed by atoms with Crippen LogP contribution in [0.1, 0.15) is 19.8 Å². The molecule has 0 aromatic carbocycles. The second-order valence-electron chi connectivity index (χ2n) is 4.60. The highest BCUT2D eigenvalue weighted by Gasteiger charge is 2.19. The average molecular weight is 236 g/mol. The van der Waals surface area contributed by atoms with Crippen LogP contribution in [0.4, 0.5) is 0 Å². The third kappa shape index (κ3) is 3.56. The molecule has 1 aromatic heterocycles. The van der Waals surface area contributed by atoms with Gasteiger partial charge in [-0.2, -0.15) is 0 Å². The van der Waals surface area contributed by atoms with Crippen LogP contribution in [0.15, 0.2) is 18.7 Å². The summed E-state index contributed by atoms with van der Waals surface area (Å²) in [5.41, 5.74) is 0. The van der Waals surface area contributed by atoms with E-state index in [1.54, 1.807) is 12.5 Å². The zero-order valence-electron chi connectivity index (χ0n) is 10.3. The lowest BCUT2D eigenvalue weighted by atomic mass is 10.2. The minimum Gasteiger partial charge on any atom is -0.340 e. The number of piperazine rings is 1. The van der Waals surface area contributed by atoms with Gasteiger partial charge in [-0.05, 0) is 13.3 Å². The molecule has 17 heavy (non-hydrogen) atoms. The molecule has 0 aliphatic carbocycles. The molecular weight excluding hydrogens is 216 g/mol. The summed E-state index contributed by atoms with van der Waals surface area (Å²) in [6.07, 6.45) is 6.99. The van der Waals surface area contributed by atoms with Gasteiger partial charge in [0.2, 0.25) is 5.91 Å². The molecule has 5 nitrogen and oxygen atoms in total. The molecule has 1 atom stereocenters. The van der Waals surface area contributed by atoms with Crippen molar-refractivity contribution in [2.75, 3.05) is 19.6 Å². The molecule has 1 aliphatic heterocycles. The third-order valence-corrected chi connectivity index (χ3v) is 3.09. The quantitative estimate of drug-likeness (QED) is 0.827. The SMILES string of the molecule is C[C@H]1CN(C(=O)CCCn2ccnc2)CCN1. The van der Waals surface area contributed by atoms with Gasteiger partial charge in [-0.15, -0.1) is 0 Å². The highest BCUT2D eigenvalue weighted by Crippen LogP contribution is 2.04. The third-order valence-electron chi connectivity index (χ3n) is 3.09. The Labute approximate surface area is 102 Å². The summed E-state index contributed by atoms with van der Waals surface area (Å²) in [7, 11) is 0. The first-order valence-corrected chi connectivity index (χ1v) is 6.22. The summed E-state index contributed by atoms with van der Waals surface area (Å²) in [6, 6.07) is 0.418. The molecular formula is C12H20N4O. The molecule has 1 fully saturated rings. The van der Waals surface area contributed by atoms with Crippen LogP contribution in [0.3, 0.4) is 0 Å². The number of aryl methyl sites for hydroxylation is 1. The normalized spacial score (nSPS) is 20.5. The highest BCUT2D eigenvalue weighted by atomic mass is 16.2. The molecule has 2 heterocycles. The highest BCUT2D eigenvalue weighted by molar-refractivity contribution is 5.76. The predicted molar refractivity (Wildman–Crippen MR) is 65.5 cm³/mol. The van der Waals surface area contributed by atoms with Crippen LogP contribution in [-0.4, -0.2) is 46.0 Å². The maximum absolute atomic E-state index is 11.9. The van der Waals surface area contributed by atoms with Crippen LogP contribution in [-0.2, 0) is 11.3 Å². The van der Waals surface area contributed by atoms with Gasteiger partial charge in [0.1, 0.15) is 0 Å². The van der Waals surface area contributed by atoms with Gasteiger partial charge in [-0.1, -0.05) is 0 Å². The molecule has 0 saturated carbocycles. The Hall–Kier alpha value is -1.36. The molecule has 0 spiro atoms. The van der Waals surface area contributed by atoms with E-state index < -0.39 is 0 Å². The fourth-order valence-electron chi connectivity index (χ4n) is 2.15. The summed E-state index contributed by atoms with van der Waals surface area (Å²) in [5, 5.41) is 3.34. The summed E-state index contributed by atoms with van der Waals surface area (Å²) in [5.74, 6) is 0.276. The number of aromatic nitrogens is 2. The number of hydrogen-bond donors (Lipinski definition) is 1. The minimum atomic E-state index is 0.276. The van der Waals surface area contributed by atoms with Gasteiger partial charge in [0.15, 0.2) is 0 Å². The molecule has 1 saturated heterocycles. The molecule has 2 rings (SSSR count). The second-order valence-corrected chi connectivity index (χ2v) is 4.60. The fourth-order valence-corrected chi connectivity index (χ4v) is 2.15. The number of amides is 1. The molecule has 5 heteroatoms. The molecule has 1 N–H and O–H groups in total. The largest absolute Gasteiger partial charge is 0.340 e. The first-order valence-electron chi connectivity index (χ1n) is 6.22. The standard InChI is InChI=1S/C12H20N4O/c1-11-9-16(8-5-14-11)12(17)3-2-6-15-7-4-13-10-15/h4,7,10-11,14H,2-3,5-6,8-9H2,1H3/t11-/m0/s1. The van der Waals surface area contributed by atoms with E-state index in [0.29, 0.717) is 12.5 Å². The van der Waals surface area contributed by atoms with Gasteiger partial charge in [-0.25, -0.2) is 4.98 Å². The van der Waals surface area contributed by atoms with E-state index in [4.69, 9.17) is 0 Å². The average Bonchev–Trinajstić information content (AvgIpc) is 2.82. The number of nitrogens with one attached hydrogen (secondary N) is 1. The van der Waals surface area contributed by atoms with E-state index in [2.05, 4.69) is 17.2 Å². The molecule has 1 amide bonds. The summed E-state index contributed by atoms with van der Waals surface area (Å²) in [4.78, 5) is 17.9. The molecule has 0 unspecified atom stereocenters. The number of hydrogen-bond acceptors (Lipinski definition) is 3. The lowest BCUT2D eigenvalue weighted by molar-refractivity contribution is -0.132. The summed E-state index contributed by atoms with van der Waals surface area (Å²) >= 11 is 0. The van der Waals surface area contributed by atoms with Crippen LogP contribution in [0.25, 0.3) is 0 Å². The van der Waals surface area contributed by atoms with E-state index >= 15 is 0 Å². The van der Waals surface area contributed by atoms with Crippen molar-refractivity contribution < 1.29 is 4.79 Å². The Balaban J connectivity index is 1.70. The van der Waals surface area contributed by atoms with Crippen LogP contribution in [0.5, 0.6) is 0 Å². The van der Waals surface area contributed by atoms with Gasteiger partial charge in [0.05, 0.1) is 6.33 Å². The second kappa shape index (κ2) is 5.82. The zero-order chi connectivity index (χ0) is 12.1. The number of carbonyl (C=O) groups excluding carboxylic acids is 1. The van der Waals surface area contributed by atoms with Crippen LogP contribution in [0.2, 0.25) is 0 Å². The van der Waals surface area contributed by atoms with Crippen molar-refractivity contribution in [1.29, 1.82) is 0 Å². The fraction of sp³-hybridized carbons (Fsp3) is 0.667. The van der Waals surface area contributed by atoms with Crippen molar-refractivity contribution in [1.82, 2.24) is 19.8 Å². The number of nitrogens with zero attached hydrogens (tertiary/aromatic N) is 3. The Morgan fingerprint density at radius 3 is 3.18 bits per heavy atom. The Kier molecular flexibility index (Phi) is 4.14. The maximum Gasteiger partial charge on any atom is 0.222 e. The molecule has 94 valence electrons. The monoisotopic (exact) mass is 236 g/mol. The van der Waals surface area contributed by atoms with Crippen molar-refractivity contribution in [2.45, 2.75) is 32.4 Å². The van der Waals surface area contributed by atoms with Crippen molar-refractivity contribution in [3.63, 3.8) is 0 Å². The van der Waals surface area contributed by atoms with E-state index in [0.717, 1.165) is 32.6 Å². The van der Waals surface area contributed by atoms with Gasteiger partial charge in [0, 0.05) is 51.0 Å². The smallest absolute Gasteiger partial charge is 0.222 e. The zero-order valence-corrected chi connectivity index (χ0v) is 10.3. The summed E-state index contributed by atoms with van der Waals surface area (Å²) < 4.78 is 2.01.